The summed E-state index contributed by atoms with van der Waals surface area (Å²) < 4.78 is 5.28. The quantitative estimate of drug-likeness (QED) is 0.412. The Morgan fingerprint density at radius 2 is 1.71 bits per heavy atom. The van der Waals surface area contributed by atoms with E-state index in [0.29, 0.717) is 31.6 Å². The van der Waals surface area contributed by atoms with Crippen LogP contribution in [0.15, 0.2) is 46.4 Å². The molecule has 3 rings (SSSR count). The van der Waals surface area contributed by atoms with E-state index in [1.54, 1.807) is 0 Å². The highest BCUT2D eigenvalue weighted by Gasteiger charge is 2.07. The molecule has 2 aromatic carbocycles. The standard InChI is InChI=1S/C12H16N2O.C9H13N.C3H4ClNO/c1-9-4-3-5-11(10(9)2)8-14-12-13-6-7-15-12;1-7-4-3-5-9(6-10)8(7)2;4-1-2-5-3-6/h3-5H,6-8H2,1-2H3,(H,13,14);3-5H,6,10H2,1-2H3;1-2H2. The van der Waals surface area contributed by atoms with E-state index >= 15 is 0 Å². The highest BCUT2D eigenvalue weighted by Crippen LogP contribution is 2.12. The third-order valence-corrected chi connectivity index (χ3v) is 5.10. The van der Waals surface area contributed by atoms with E-state index in [1.807, 2.05) is 6.07 Å². The van der Waals surface area contributed by atoms with Crippen LogP contribution in [0.3, 0.4) is 0 Å². The Balaban J connectivity index is 0.000000260. The van der Waals surface area contributed by atoms with Crippen molar-refractivity contribution < 1.29 is 9.53 Å². The predicted molar refractivity (Wildman–Crippen MR) is 129 cm³/mol. The molecule has 0 saturated carbocycles. The summed E-state index contributed by atoms with van der Waals surface area (Å²) in [5.74, 6) is 0.398. The molecule has 6 nitrogen and oxygen atoms in total. The van der Waals surface area contributed by atoms with Crippen molar-refractivity contribution >= 4 is 23.7 Å². The number of alkyl halides is 1. The monoisotopic (exact) mass is 444 g/mol. The molecule has 168 valence electrons. The van der Waals surface area contributed by atoms with Crippen molar-refractivity contribution in [2.24, 2.45) is 15.7 Å². The van der Waals surface area contributed by atoms with Crippen molar-refractivity contribution in [3.63, 3.8) is 0 Å². The lowest BCUT2D eigenvalue weighted by molar-refractivity contribution is 0.331. The fourth-order valence-corrected chi connectivity index (χ4v) is 2.82. The molecule has 1 aliphatic heterocycles. The highest BCUT2D eigenvalue weighted by molar-refractivity contribution is 6.18. The first-order chi connectivity index (χ1) is 14.9. The van der Waals surface area contributed by atoms with Crippen LogP contribution in [0.2, 0.25) is 0 Å². The zero-order chi connectivity index (χ0) is 23.1. The fraction of sp³-hybridized carbons (Fsp3) is 0.417. The molecule has 0 fully saturated rings. The first kappa shape index (κ1) is 26.4. The minimum Gasteiger partial charge on any atom is -0.463 e. The van der Waals surface area contributed by atoms with E-state index in [-0.39, 0.29) is 0 Å². The summed E-state index contributed by atoms with van der Waals surface area (Å²) in [5.41, 5.74) is 13.4. The number of aliphatic imine (C=N–C) groups is 2. The van der Waals surface area contributed by atoms with Gasteiger partial charge in [-0.3, -0.25) is 0 Å². The van der Waals surface area contributed by atoms with Gasteiger partial charge in [0.1, 0.15) is 6.61 Å². The lowest BCUT2D eigenvalue weighted by Gasteiger charge is -2.10. The number of hydrogen-bond acceptors (Lipinski definition) is 6. The molecule has 0 saturated heterocycles. The third kappa shape index (κ3) is 9.79. The molecule has 0 aliphatic carbocycles. The summed E-state index contributed by atoms with van der Waals surface area (Å²) in [5, 5.41) is 3.19. The lowest BCUT2D eigenvalue weighted by Crippen LogP contribution is -2.23. The van der Waals surface area contributed by atoms with Crippen LogP contribution in [-0.4, -0.2) is 37.7 Å². The maximum absolute atomic E-state index is 9.21. The number of nitrogens with zero attached hydrogens (tertiary/aromatic N) is 2. The maximum atomic E-state index is 9.21. The van der Waals surface area contributed by atoms with Gasteiger partial charge in [0.15, 0.2) is 0 Å². The molecule has 7 heteroatoms. The van der Waals surface area contributed by atoms with Gasteiger partial charge in [-0.05, 0) is 61.1 Å². The van der Waals surface area contributed by atoms with Crippen molar-refractivity contribution in [3.8, 4) is 0 Å². The summed E-state index contributed by atoms with van der Waals surface area (Å²) in [4.78, 5) is 16.6. The molecular weight excluding hydrogens is 412 g/mol. The lowest BCUT2D eigenvalue weighted by atomic mass is 10.0. The van der Waals surface area contributed by atoms with Crippen molar-refractivity contribution in [2.75, 3.05) is 25.6 Å². The molecule has 0 spiro atoms. The maximum Gasteiger partial charge on any atom is 0.285 e. The molecule has 1 aliphatic rings. The number of carbonyl (C=O) groups excluding carboxylic acids is 1. The van der Waals surface area contributed by atoms with E-state index in [0.717, 1.165) is 13.1 Å². The first-order valence-electron chi connectivity index (χ1n) is 10.3. The van der Waals surface area contributed by atoms with E-state index in [9.17, 15) is 4.79 Å². The average Bonchev–Trinajstić information content (AvgIpc) is 3.30. The molecule has 0 unspecified atom stereocenters. The van der Waals surface area contributed by atoms with Gasteiger partial charge in [0.2, 0.25) is 6.08 Å². The van der Waals surface area contributed by atoms with Crippen LogP contribution in [0, 0.1) is 27.7 Å². The van der Waals surface area contributed by atoms with Crippen LogP contribution in [0.25, 0.3) is 0 Å². The fourth-order valence-electron chi connectivity index (χ4n) is 2.74. The van der Waals surface area contributed by atoms with Gasteiger partial charge in [0.05, 0.1) is 13.1 Å². The van der Waals surface area contributed by atoms with Crippen molar-refractivity contribution in [2.45, 2.75) is 40.8 Å². The number of halogens is 1. The number of hydrogen-bond donors (Lipinski definition) is 2. The minimum absolute atomic E-state index is 0.380. The summed E-state index contributed by atoms with van der Waals surface area (Å²) in [6, 6.07) is 13.2. The molecule has 0 amide bonds. The van der Waals surface area contributed by atoms with Crippen molar-refractivity contribution in [3.05, 3.63) is 69.8 Å². The zero-order valence-electron chi connectivity index (χ0n) is 18.9. The average molecular weight is 445 g/mol. The number of amidine groups is 1. The Hall–Kier alpha value is -2.66. The Kier molecular flexibility index (Phi) is 12.9. The second-order valence-corrected chi connectivity index (χ2v) is 7.35. The third-order valence-electron chi connectivity index (χ3n) is 4.93. The molecule has 0 aromatic heterocycles. The molecule has 0 bridgehead atoms. The molecule has 1 heterocycles. The van der Waals surface area contributed by atoms with E-state index in [4.69, 9.17) is 22.1 Å². The van der Waals surface area contributed by atoms with Crippen LogP contribution < -0.4 is 11.1 Å². The Morgan fingerprint density at radius 3 is 2.16 bits per heavy atom. The first-order valence-corrected chi connectivity index (χ1v) is 10.8. The SMILES string of the molecule is Cc1cccc(CN)c1C.Cc1cccc(CNC2=NCCO2)c1C.O=C=NCCCl. The molecular formula is C24H33ClN4O2. The topological polar surface area (TPSA) is 89.1 Å². The van der Waals surface area contributed by atoms with Crippen LogP contribution in [-0.2, 0) is 22.6 Å². The number of ether oxygens (including phenoxy) is 1. The van der Waals surface area contributed by atoms with E-state index < -0.39 is 0 Å². The van der Waals surface area contributed by atoms with Gasteiger partial charge in [-0.1, -0.05) is 36.4 Å². The number of isocyanates is 1. The molecule has 31 heavy (non-hydrogen) atoms. The van der Waals surface area contributed by atoms with Gasteiger partial charge in [-0.15, -0.1) is 11.6 Å². The summed E-state index contributed by atoms with van der Waals surface area (Å²) in [7, 11) is 0. The number of aryl methyl sites for hydroxylation is 2. The number of nitrogens with one attached hydrogen (secondary N) is 1. The number of nitrogens with two attached hydrogens (primary N) is 1. The van der Waals surface area contributed by atoms with Gasteiger partial charge in [0.25, 0.3) is 6.02 Å². The van der Waals surface area contributed by atoms with Crippen LogP contribution in [0.5, 0.6) is 0 Å². The second-order valence-electron chi connectivity index (χ2n) is 6.97. The van der Waals surface area contributed by atoms with E-state index in [1.165, 1.54) is 39.5 Å². The van der Waals surface area contributed by atoms with Crippen molar-refractivity contribution in [1.29, 1.82) is 0 Å². The summed E-state index contributed by atoms with van der Waals surface area (Å²) >= 11 is 5.11. The smallest absolute Gasteiger partial charge is 0.285 e. The Labute approximate surface area is 190 Å². The Bertz CT molecular complexity index is 893. The Morgan fingerprint density at radius 1 is 1.10 bits per heavy atom. The van der Waals surface area contributed by atoms with Gasteiger partial charge in [0, 0.05) is 19.0 Å². The largest absolute Gasteiger partial charge is 0.463 e. The zero-order valence-corrected chi connectivity index (χ0v) is 19.6. The van der Waals surface area contributed by atoms with Gasteiger partial charge in [-0.2, -0.15) is 0 Å². The minimum atomic E-state index is 0.380. The number of rotatable bonds is 5. The summed E-state index contributed by atoms with van der Waals surface area (Å²) in [6.07, 6.45) is 1.36. The van der Waals surface area contributed by atoms with Crippen LogP contribution >= 0.6 is 11.6 Å². The molecule has 2 aromatic rings. The van der Waals surface area contributed by atoms with Crippen LogP contribution in [0.1, 0.15) is 33.4 Å². The van der Waals surface area contributed by atoms with Gasteiger partial charge in [-0.25, -0.2) is 14.8 Å². The van der Waals surface area contributed by atoms with Crippen molar-refractivity contribution in [1.82, 2.24) is 5.32 Å². The van der Waals surface area contributed by atoms with Crippen LogP contribution in [0.4, 0.5) is 0 Å². The molecule has 0 atom stereocenters. The van der Waals surface area contributed by atoms with E-state index in [2.05, 4.69) is 73.3 Å². The van der Waals surface area contributed by atoms with Gasteiger partial charge < -0.3 is 15.8 Å². The second kappa shape index (κ2) is 15.2. The molecule has 0 radical (unpaired) electrons. The number of benzene rings is 2. The predicted octanol–water partition coefficient (Wildman–Crippen LogP) is 4.10. The van der Waals surface area contributed by atoms with Gasteiger partial charge >= 0.3 is 0 Å². The highest BCUT2D eigenvalue weighted by atomic mass is 35.5. The normalized spacial score (nSPS) is 11.6. The molecule has 3 N–H and O–H groups in total. The summed E-state index contributed by atoms with van der Waals surface area (Å²) in [6.45, 7) is 11.8.